The van der Waals surface area contributed by atoms with Crippen LogP contribution < -0.4 is 10.6 Å². The highest BCUT2D eigenvalue weighted by atomic mass is 35.5. The van der Waals surface area contributed by atoms with E-state index in [4.69, 9.17) is 33.7 Å². The fourth-order valence-electron chi connectivity index (χ4n) is 2.21. The summed E-state index contributed by atoms with van der Waals surface area (Å²) in [6.07, 6.45) is 0.0309. The van der Waals surface area contributed by atoms with Crippen LogP contribution in [0, 0.1) is 0 Å². The first-order chi connectivity index (χ1) is 11.3. The van der Waals surface area contributed by atoms with Crippen LogP contribution in [-0.4, -0.2) is 41.4 Å². The second-order valence-corrected chi connectivity index (χ2v) is 7.19. The Morgan fingerprint density at radius 2 is 2.00 bits per heavy atom. The molecule has 2 atom stereocenters. The lowest BCUT2D eigenvalue weighted by atomic mass is 10.3. The number of rotatable bonds is 6. The second kappa shape index (κ2) is 8.20. The smallest absolute Gasteiger partial charge is 0.323 e. The summed E-state index contributed by atoms with van der Waals surface area (Å²) >= 11 is 13.0. The van der Waals surface area contributed by atoms with Crippen molar-refractivity contribution in [2.45, 2.75) is 24.6 Å². The zero-order valence-electron chi connectivity index (χ0n) is 12.8. The molecule has 0 aliphatic carbocycles. The Kier molecular flexibility index (Phi) is 6.51. The minimum atomic E-state index is -0.840. The van der Waals surface area contributed by atoms with Crippen LogP contribution in [0.1, 0.15) is 13.3 Å². The molecule has 1 aliphatic rings. The molecular weight excluding hydrogens is 375 g/mol. The standard InChI is InChI=1S/C15H16Cl2N2O4S/c1-2-23-15(22)11(18)7-24-12-6-13(20)19(14(12)21)10-4-8(16)3-9(17)5-10/h3-5,11-12H,2,6-7,18H2,1H3. The van der Waals surface area contributed by atoms with E-state index in [1.54, 1.807) is 6.92 Å². The summed E-state index contributed by atoms with van der Waals surface area (Å²) in [6.45, 7) is 1.92. The zero-order chi connectivity index (χ0) is 17.9. The lowest BCUT2D eigenvalue weighted by molar-refractivity contribution is -0.144. The molecular formula is C15H16Cl2N2O4S. The molecule has 0 spiro atoms. The van der Waals surface area contributed by atoms with Crippen molar-refractivity contribution >= 4 is 58.4 Å². The van der Waals surface area contributed by atoms with Crippen molar-refractivity contribution in [2.75, 3.05) is 17.3 Å². The van der Waals surface area contributed by atoms with Gasteiger partial charge in [0, 0.05) is 22.2 Å². The summed E-state index contributed by atoms with van der Waals surface area (Å²) in [5.74, 6) is -1.06. The molecule has 0 aromatic heterocycles. The SMILES string of the molecule is CCOC(=O)C(N)CSC1CC(=O)N(c2cc(Cl)cc(Cl)c2)C1=O. The summed E-state index contributed by atoms with van der Waals surface area (Å²) in [5, 5.41) is 0.0628. The lowest BCUT2D eigenvalue weighted by Gasteiger charge is -2.16. The van der Waals surface area contributed by atoms with Gasteiger partial charge in [-0.05, 0) is 25.1 Å². The molecule has 0 bridgehead atoms. The number of imide groups is 1. The molecule has 24 heavy (non-hydrogen) atoms. The monoisotopic (exact) mass is 390 g/mol. The first kappa shape index (κ1) is 19.1. The van der Waals surface area contributed by atoms with Crippen LogP contribution in [0.25, 0.3) is 0 Å². The highest BCUT2D eigenvalue weighted by molar-refractivity contribution is 8.00. The van der Waals surface area contributed by atoms with Gasteiger partial charge < -0.3 is 10.5 Å². The number of anilines is 1. The number of nitrogens with two attached hydrogens (primary N) is 1. The van der Waals surface area contributed by atoms with Crippen molar-refractivity contribution in [2.24, 2.45) is 5.73 Å². The van der Waals surface area contributed by atoms with Crippen molar-refractivity contribution in [3.63, 3.8) is 0 Å². The van der Waals surface area contributed by atoms with Crippen molar-refractivity contribution in [1.82, 2.24) is 0 Å². The van der Waals surface area contributed by atoms with E-state index in [9.17, 15) is 14.4 Å². The topological polar surface area (TPSA) is 89.7 Å². The molecule has 1 fully saturated rings. The lowest BCUT2D eigenvalue weighted by Crippen LogP contribution is -2.36. The van der Waals surface area contributed by atoms with Gasteiger partial charge in [-0.15, -0.1) is 11.8 Å². The molecule has 1 heterocycles. The number of halogens is 2. The first-order valence-electron chi connectivity index (χ1n) is 7.20. The third-order valence-electron chi connectivity index (χ3n) is 3.28. The minimum absolute atomic E-state index is 0.0309. The molecule has 1 aliphatic heterocycles. The first-order valence-corrected chi connectivity index (χ1v) is 9.00. The number of nitrogens with zero attached hydrogens (tertiary/aromatic N) is 1. The predicted octanol–water partition coefficient (Wildman–Crippen LogP) is 2.25. The molecule has 1 saturated heterocycles. The van der Waals surface area contributed by atoms with Crippen LogP contribution in [0.3, 0.4) is 0 Å². The Balaban J connectivity index is 2.05. The number of benzene rings is 1. The Labute approximate surface area is 153 Å². The van der Waals surface area contributed by atoms with Crippen molar-refractivity contribution in [3.8, 4) is 0 Å². The van der Waals surface area contributed by atoms with Gasteiger partial charge in [-0.2, -0.15) is 0 Å². The maximum Gasteiger partial charge on any atom is 0.323 e. The largest absolute Gasteiger partial charge is 0.465 e. The molecule has 0 radical (unpaired) electrons. The number of carbonyl (C=O) groups is 3. The molecule has 9 heteroatoms. The van der Waals surface area contributed by atoms with Crippen molar-refractivity contribution in [3.05, 3.63) is 28.2 Å². The normalized spacial score (nSPS) is 18.8. The van der Waals surface area contributed by atoms with E-state index < -0.39 is 17.3 Å². The third kappa shape index (κ3) is 4.42. The van der Waals surface area contributed by atoms with E-state index in [0.29, 0.717) is 15.7 Å². The van der Waals surface area contributed by atoms with Gasteiger partial charge in [0.15, 0.2) is 0 Å². The van der Waals surface area contributed by atoms with Gasteiger partial charge in [0.2, 0.25) is 11.8 Å². The van der Waals surface area contributed by atoms with Gasteiger partial charge in [-0.25, -0.2) is 4.90 Å². The third-order valence-corrected chi connectivity index (χ3v) is 5.04. The fourth-order valence-corrected chi connectivity index (χ4v) is 3.81. The van der Waals surface area contributed by atoms with Crippen LogP contribution in [0.4, 0.5) is 5.69 Å². The number of carbonyl (C=O) groups excluding carboxylic acids is 3. The van der Waals surface area contributed by atoms with Gasteiger partial charge in [-0.3, -0.25) is 14.4 Å². The predicted molar refractivity (Wildman–Crippen MR) is 94.4 cm³/mol. The Hall–Kier alpha value is -1.28. The van der Waals surface area contributed by atoms with Gasteiger partial charge in [0.25, 0.3) is 0 Å². The molecule has 6 nitrogen and oxygen atoms in total. The quantitative estimate of drug-likeness (QED) is 0.591. The molecule has 130 valence electrons. The zero-order valence-corrected chi connectivity index (χ0v) is 15.2. The Morgan fingerprint density at radius 1 is 1.38 bits per heavy atom. The summed E-state index contributed by atoms with van der Waals surface area (Å²) in [6, 6.07) is 3.68. The summed E-state index contributed by atoms with van der Waals surface area (Å²) in [5.41, 5.74) is 6.04. The number of hydrogen-bond acceptors (Lipinski definition) is 6. The van der Waals surface area contributed by atoms with E-state index >= 15 is 0 Å². The highest BCUT2D eigenvalue weighted by Crippen LogP contribution is 2.33. The number of ether oxygens (including phenoxy) is 1. The minimum Gasteiger partial charge on any atom is -0.465 e. The van der Waals surface area contributed by atoms with Crippen molar-refractivity contribution in [1.29, 1.82) is 0 Å². The highest BCUT2D eigenvalue weighted by Gasteiger charge is 2.40. The maximum absolute atomic E-state index is 12.5. The number of amides is 2. The maximum atomic E-state index is 12.5. The molecule has 1 aromatic carbocycles. The molecule has 2 N–H and O–H groups in total. The van der Waals surface area contributed by atoms with Crippen LogP contribution in [0.5, 0.6) is 0 Å². The van der Waals surface area contributed by atoms with E-state index in [1.165, 1.54) is 18.2 Å². The number of esters is 1. The molecule has 2 amide bonds. The average Bonchev–Trinajstić information content (AvgIpc) is 2.78. The van der Waals surface area contributed by atoms with Crippen LogP contribution in [0.2, 0.25) is 10.0 Å². The second-order valence-electron chi connectivity index (χ2n) is 5.08. The van der Waals surface area contributed by atoms with E-state index in [2.05, 4.69) is 0 Å². The van der Waals surface area contributed by atoms with E-state index in [-0.39, 0.29) is 30.6 Å². The van der Waals surface area contributed by atoms with E-state index in [0.717, 1.165) is 16.7 Å². The fraction of sp³-hybridized carbons (Fsp3) is 0.400. The van der Waals surface area contributed by atoms with Crippen LogP contribution in [-0.2, 0) is 19.1 Å². The molecule has 2 rings (SSSR count). The number of thioether (sulfide) groups is 1. The van der Waals surface area contributed by atoms with Gasteiger partial charge in [0.1, 0.15) is 6.04 Å². The van der Waals surface area contributed by atoms with Gasteiger partial charge in [-0.1, -0.05) is 23.2 Å². The summed E-state index contributed by atoms with van der Waals surface area (Å²) in [7, 11) is 0. The molecule has 0 saturated carbocycles. The van der Waals surface area contributed by atoms with Crippen molar-refractivity contribution < 1.29 is 19.1 Å². The molecule has 1 aromatic rings. The summed E-state index contributed by atoms with van der Waals surface area (Å²) in [4.78, 5) is 37.2. The Bertz CT molecular complexity index is 651. The summed E-state index contributed by atoms with van der Waals surface area (Å²) < 4.78 is 4.81. The average molecular weight is 391 g/mol. The van der Waals surface area contributed by atoms with Crippen LogP contribution in [0.15, 0.2) is 18.2 Å². The molecule has 2 unspecified atom stereocenters. The van der Waals surface area contributed by atoms with E-state index in [1.807, 2.05) is 0 Å². The van der Waals surface area contributed by atoms with Gasteiger partial charge in [0.05, 0.1) is 17.5 Å². The van der Waals surface area contributed by atoms with Gasteiger partial charge >= 0.3 is 5.97 Å². The number of hydrogen-bond donors (Lipinski definition) is 1. The Morgan fingerprint density at radius 3 is 2.58 bits per heavy atom. The van der Waals surface area contributed by atoms with Crippen LogP contribution >= 0.6 is 35.0 Å².